The zero-order valence-electron chi connectivity index (χ0n) is 11.4. The maximum absolute atomic E-state index is 12.9. The lowest BCUT2D eigenvalue weighted by atomic mass is 10.2. The predicted molar refractivity (Wildman–Crippen MR) is 81.3 cm³/mol. The van der Waals surface area contributed by atoms with E-state index < -0.39 is 22.5 Å². The molecule has 8 heteroatoms. The smallest absolute Gasteiger partial charge is 0.318 e. The van der Waals surface area contributed by atoms with Gasteiger partial charge in [0, 0.05) is 22.6 Å². The number of carboxylic acid groups (broad SMARTS) is 1. The molecular formula is C14H13ClN2O4S. The number of hydrogen-bond acceptors (Lipinski definition) is 4. The number of sulfonamides is 1. The van der Waals surface area contributed by atoms with Crippen molar-refractivity contribution < 1.29 is 18.3 Å². The Hall–Kier alpha value is -1.70. The van der Waals surface area contributed by atoms with Gasteiger partial charge < -0.3 is 5.11 Å². The number of halogens is 1. The van der Waals surface area contributed by atoms with Gasteiger partial charge in [-0.2, -0.15) is 4.31 Å². The van der Waals surface area contributed by atoms with Crippen LogP contribution in [0.2, 0.25) is 5.02 Å². The monoisotopic (exact) mass is 340 g/mol. The second-order valence-corrected chi connectivity index (χ2v) is 7.45. The summed E-state index contributed by atoms with van der Waals surface area (Å²) in [5.41, 5.74) is 0.294. The Morgan fingerprint density at radius 1 is 1.41 bits per heavy atom. The van der Waals surface area contributed by atoms with Gasteiger partial charge in [0.1, 0.15) is 11.4 Å². The molecule has 0 spiro atoms. The highest BCUT2D eigenvalue weighted by atomic mass is 35.5. The van der Waals surface area contributed by atoms with Crippen molar-refractivity contribution in [3.05, 3.63) is 35.5 Å². The number of fused-ring (bicyclic) bond motifs is 1. The highest BCUT2D eigenvalue weighted by Crippen LogP contribution is 2.34. The molecule has 1 aromatic heterocycles. The second-order valence-electron chi connectivity index (χ2n) is 5.15. The number of aliphatic carboxylic acids is 1. The fourth-order valence-corrected chi connectivity index (χ4v) is 4.47. The van der Waals surface area contributed by atoms with Gasteiger partial charge >= 0.3 is 5.97 Å². The van der Waals surface area contributed by atoms with Crippen LogP contribution in [0.1, 0.15) is 12.8 Å². The van der Waals surface area contributed by atoms with Crippen molar-refractivity contribution in [1.82, 2.24) is 9.29 Å². The van der Waals surface area contributed by atoms with E-state index in [0.29, 0.717) is 23.7 Å². The van der Waals surface area contributed by atoms with Crippen molar-refractivity contribution in [3.8, 4) is 0 Å². The Labute approximate surface area is 132 Å². The van der Waals surface area contributed by atoms with Gasteiger partial charge in [-0.15, -0.1) is 0 Å². The normalized spacial score (nSPS) is 15.4. The van der Waals surface area contributed by atoms with E-state index >= 15 is 0 Å². The third-order valence-electron chi connectivity index (χ3n) is 3.47. The average Bonchev–Trinajstić information content (AvgIpc) is 3.27. The zero-order valence-corrected chi connectivity index (χ0v) is 13.0. The number of benzene rings is 1. The minimum atomic E-state index is -3.98. The summed E-state index contributed by atoms with van der Waals surface area (Å²) in [6.07, 6.45) is 2.82. The van der Waals surface area contributed by atoms with Gasteiger partial charge in [0.05, 0.1) is 5.52 Å². The third-order valence-corrected chi connectivity index (χ3v) is 5.60. The number of pyridine rings is 1. The Bertz CT molecular complexity index is 849. The first-order chi connectivity index (χ1) is 10.4. The number of aromatic nitrogens is 1. The summed E-state index contributed by atoms with van der Waals surface area (Å²) < 4.78 is 26.8. The zero-order chi connectivity index (χ0) is 15.9. The van der Waals surface area contributed by atoms with Crippen molar-refractivity contribution in [3.63, 3.8) is 0 Å². The molecule has 1 heterocycles. The first kappa shape index (κ1) is 15.2. The molecule has 3 rings (SSSR count). The molecule has 0 atom stereocenters. The lowest BCUT2D eigenvalue weighted by molar-refractivity contribution is -0.137. The largest absolute Gasteiger partial charge is 0.480 e. The summed E-state index contributed by atoms with van der Waals surface area (Å²) in [5.74, 6) is -1.19. The molecule has 0 aliphatic heterocycles. The molecule has 0 saturated heterocycles. The highest BCUT2D eigenvalue weighted by Gasteiger charge is 2.40. The van der Waals surface area contributed by atoms with E-state index in [1.165, 1.54) is 12.3 Å². The molecule has 1 fully saturated rings. The third kappa shape index (κ3) is 2.79. The van der Waals surface area contributed by atoms with Gasteiger partial charge in [-0.25, -0.2) is 8.42 Å². The number of carbonyl (C=O) groups is 1. The molecule has 2 aromatic rings. The second kappa shape index (κ2) is 5.49. The van der Waals surface area contributed by atoms with Crippen LogP contribution in [0.25, 0.3) is 10.9 Å². The Morgan fingerprint density at radius 2 is 2.14 bits per heavy atom. The Kier molecular flexibility index (Phi) is 3.80. The van der Waals surface area contributed by atoms with Gasteiger partial charge in [-0.3, -0.25) is 9.78 Å². The standard InChI is InChI=1S/C14H13ClN2O4S/c15-10-6-9-2-1-5-16-14(9)12(7-10)22(20,21)17(8-13(18)19)11-3-4-11/h1-2,5-7,11H,3-4,8H2,(H,18,19). The lowest BCUT2D eigenvalue weighted by Crippen LogP contribution is -2.37. The molecule has 116 valence electrons. The van der Waals surface area contributed by atoms with Crippen molar-refractivity contribution in [2.24, 2.45) is 0 Å². The fourth-order valence-electron chi connectivity index (χ4n) is 2.35. The number of carboxylic acids is 1. The number of hydrogen-bond donors (Lipinski definition) is 1. The van der Waals surface area contributed by atoms with Crippen LogP contribution in [0, 0.1) is 0 Å². The molecule has 6 nitrogen and oxygen atoms in total. The van der Waals surface area contributed by atoms with Gasteiger partial charge in [0.25, 0.3) is 0 Å². The van der Waals surface area contributed by atoms with Crippen molar-refractivity contribution in [2.45, 2.75) is 23.8 Å². The van der Waals surface area contributed by atoms with Crippen LogP contribution in [0.15, 0.2) is 35.4 Å². The summed E-state index contributed by atoms with van der Waals surface area (Å²) >= 11 is 6.01. The van der Waals surface area contributed by atoms with Gasteiger partial charge in [0.2, 0.25) is 10.0 Å². The SMILES string of the molecule is O=C(O)CN(C1CC1)S(=O)(=O)c1cc(Cl)cc2cccnc12. The van der Waals surface area contributed by atoms with Crippen molar-refractivity contribution in [1.29, 1.82) is 0 Å². The maximum atomic E-state index is 12.9. The maximum Gasteiger partial charge on any atom is 0.318 e. The molecule has 1 N–H and O–H groups in total. The van der Waals surface area contributed by atoms with Crippen LogP contribution in [-0.4, -0.2) is 41.4 Å². The minimum absolute atomic E-state index is 0.0521. The first-order valence-electron chi connectivity index (χ1n) is 6.67. The van der Waals surface area contributed by atoms with E-state index in [9.17, 15) is 13.2 Å². The van der Waals surface area contributed by atoms with Crippen molar-refractivity contribution >= 4 is 38.5 Å². The van der Waals surface area contributed by atoms with Crippen LogP contribution in [0.4, 0.5) is 0 Å². The number of rotatable bonds is 5. The topological polar surface area (TPSA) is 87.6 Å². The fraction of sp³-hybridized carbons (Fsp3) is 0.286. The molecule has 0 radical (unpaired) electrons. The summed E-state index contributed by atoms with van der Waals surface area (Å²) in [6.45, 7) is -0.562. The van der Waals surface area contributed by atoms with Crippen LogP contribution in [0.3, 0.4) is 0 Å². The van der Waals surface area contributed by atoms with E-state index in [2.05, 4.69) is 4.98 Å². The van der Waals surface area contributed by atoms with Crippen LogP contribution < -0.4 is 0 Å². The molecule has 1 aromatic carbocycles. The molecule has 0 bridgehead atoms. The number of nitrogens with zero attached hydrogens (tertiary/aromatic N) is 2. The van der Waals surface area contributed by atoms with E-state index in [4.69, 9.17) is 16.7 Å². The molecule has 0 amide bonds. The van der Waals surface area contributed by atoms with E-state index in [-0.39, 0.29) is 16.0 Å². The summed E-state index contributed by atoms with van der Waals surface area (Å²) in [6, 6.07) is 6.08. The van der Waals surface area contributed by atoms with Gasteiger partial charge in [-0.05, 0) is 31.0 Å². The highest BCUT2D eigenvalue weighted by molar-refractivity contribution is 7.89. The summed E-state index contributed by atoms with van der Waals surface area (Å²) in [5, 5.41) is 9.86. The molecule has 1 aliphatic rings. The quantitative estimate of drug-likeness (QED) is 0.900. The predicted octanol–water partition coefficient (Wildman–Crippen LogP) is 2.13. The lowest BCUT2D eigenvalue weighted by Gasteiger charge is -2.20. The molecule has 0 unspecified atom stereocenters. The summed E-state index contributed by atoms with van der Waals surface area (Å²) in [4.78, 5) is 15.1. The molecule has 1 saturated carbocycles. The van der Waals surface area contributed by atoms with Crippen LogP contribution in [-0.2, 0) is 14.8 Å². The average molecular weight is 341 g/mol. The first-order valence-corrected chi connectivity index (χ1v) is 8.49. The Balaban J connectivity index is 2.17. The molecule has 1 aliphatic carbocycles. The van der Waals surface area contributed by atoms with Crippen LogP contribution >= 0.6 is 11.6 Å². The minimum Gasteiger partial charge on any atom is -0.480 e. The van der Waals surface area contributed by atoms with E-state index in [1.54, 1.807) is 18.2 Å². The van der Waals surface area contributed by atoms with Crippen molar-refractivity contribution in [2.75, 3.05) is 6.54 Å². The molecular weight excluding hydrogens is 328 g/mol. The van der Waals surface area contributed by atoms with E-state index in [0.717, 1.165) is 4.31 Å². The van der Waals surface area contributed by atoms with Crippen LogP contribution in [0.5, 0.6) is 0 Å². The molecule has 22 heavy (non-hydrogen) atoms. The summed E-state index contributed by atoms with van der Waals surface area (Å²) in [7, 11) is -3.98. The Morgan fingerprint density at radius 3 is 2.77 bits per heavy atom. The van der Waals surface area contributed by atoms with Gasteiger partial charge in [0.15, 0.2) is 0 Å². The van der Waals surface area contributed by atoms with Gasteiger partial charge in [-0.1, -0.05) is 17.7 Å². The van der Waals surface area contributed by atoms with E-state index in [1.807, 2.05) is 0 Å².